The zero-order valence-corrected chi connectivity index (χ0v) is 10.9. The third-order valence-corrected chi connectivity index (χ3v) is 3.47. The summed E-state index contributed by atoms with van der Waals surface area (Å²) in [5.41, 5.74) is -2.32. The van der Waals surface area contributed by atoms with Crippen molar-refractivity contribution >= 4 is 6.09 Å². The number of hydrogen-bond acceptors (Lipinski definition) is 3. The van der Waals surface area contributed by atoms with Crippen LogP contribution in [0.2, 0.25) is 0 Å². The number of alkyl carbamates (subject to hydrolysis) is 1. The quantitative estimate of drug-likeness (QED) is 0.841. The maximum absolute atomic E-state index is 14.5. The third-order valence-electron chi connectivity index (χ3n) is 3.47. The summed E-state index contributed by atoms with van der Waals surface area (Å²) < 4.78 is 59.7. The van der Waals surface area contributed by atoms with E-state index in [-0.39, 0.29) is 5.56 Å². The highest BCUT2D eigenvalue weighted by Crippen LogP contribution is 2.39. The largest absolute Gasteiger partial charge is 0.436 e. The molecule has 0 unspecified atom stereocenters. The maximum atomic E-state index is 14.5. The molecule has 1 heterocycles. The molecule has 1 aromatic rings. The molecule has 0 radical (unpaired) electrons. The number of alkyl halides is 3. The fraction of sp³-hybridized carbons (Fsp3) is 0.462. The number of amides is 1. The van der Waals surface area contributed by atoms with Crippen molar-refractivity contribution in [3.63, 3.8) is 0 Å². The molecule has 0 aromatic heterocycles. The number of ether oxygens (including phenoxy) is 1. The molecule has 0 aliphatic carbocycles. The molecule has 2 rings (SSSR count). The van der Waals surface area contributed by atoms with Gasteiger partial charge in [-0.3, -0.25) is 0 Å². The molecule has 2 N–H and O–H groups in total. The van der Waals surface area contributed by atoms with Crippen molar-refractivity contribution in [2.45, 2.75) is 30.7 Å². The van der Waals surface area contributed by atoms with Crippen LogP contribution in [0, 0.1) is 5.82 Å². The molecule has 1 amide bonds. The zero-order chi connectivity index (χ0) is 15.8. The summed E-state index contributed by atoms with van der Waals surface area (Å²) >= 11 is 0. The average molecular weight is 307 g/mol. The van der Waals surface area contributed by atoms with Gasteiger partial charge in [0.15, 0.2) is 6.17 Å². The van der Waals surface area contributed by atoms with Crippen LogP contribution in [0.1, 0.15) is 12.5 Å². The maximum Gasteiger partial charge on any atom is 0.408 e. The van der Waals surface area contributed by atoms with E-state index in [1.54, 1.807) is 0 Å². The van der Waals surface area contributed by atoms with Gasteiger partial charge in [-0.1, -0.05) is 18.2 Å². The van der Waals surface area contributed by atoms with Gasteiger partial charge in [0, 0.05) is 5.56 Å². The van der Waals surface area contributed by atoms with Crippen LogP contribution < -0.4 is 5.32 Å². The first-order valence-electron chi connectivity index (χ1n) is 6.09. The summed E-state index contributed by atoms with van der Waals surface area (Å²) in [6, 6.07) is 4.93. The van der Waals surface area contributed by atoms with Gasteiger partial charge in [-0.15, -0.1) is 0 Å². The molecule has 1 saturated heterocycles. The van der Waals surface area contributed by atoms with Crippen molar-refractivity contribution in [3.05, 3.63) is 35.6 Å². The van der Waals surface area contributed by atoms with E-state index in [2.05, 4.69) is 4.74 Å². The summed E-state index contributed by atoms with van der Waals surface area (Å²) in [6.07, 6.45) is -6.29. The van der Waals surface area contributed by atoms with Crippen LogP contribution in [0.15, 0.2) is 24.3 Å². The van der Waals surface area contributed by atoms with Crippen molar-refractivity contribution in [1.29, 1.82) is 0 Å². The predicted octanol–water partition coefficient (Wildman–Crippen LogP) is 2.12. The molecule has 3 atom stereocenters. The molecule has 4 nitrogen and oxygen atoms in total. The Bertz CT molecular complexity index is 554. The van der Waals surface area contributed by atoms with Crippen LogP contribution in [0.25, 0.3) is 0 Å². The fourth-order valence-electron chi connectivity index (χ4n) is 2.28. The van der Waals surface area contributed by atoms with E-state index in [0.717, 1.165) is 13.0 Å². The van der Waals surface area contributed by atoms with E-state index in [0.29, 0.717) is 0 Å². The topological polar surface area (TPSA) is 58.6 Å². The highest BCUT2D eigenvalue weighted by atomic mass is 19.3. The normalized spacial score (nSPS) is 29.7. The van der Waals surface area contributed by atoms with Gasteiger partial charge in [0.25, 0.3) is 0 Å². The Morgan fingerprint density at radius 3 is 2.62 bits per heavy atom. The lowest BCUT2D eigenvalue weighted by molar-refractivity contribution is -0.184. The number of carbonyl (C=O) groups is 1. The standard InChI is InChI=1S/C13H13F4NO3/c1-12(7-4-2-3-5-8(7)14)9(15)10(13(16,17)6-19)21-11(20)18-12/h2-5,9-10,19H,6H2,1H3,(H,18,20)/t9-,10-,12+/m0/s1. The minimum Gasteiger partial charge on any atom is -0.436 e. The molecule has 8 heteroatoms. The van der Waals surface area contributed by atoms with Crippen LogP contribution in [0.4, 0.5) is 22.4 Å². The zero-order valence-electron chi connectivity index (χ0n) is 10.9. The molecule has 21 heavy (non-hydrogen) atoms. The first-order chi connectivity index (χ1) is 9.72. The lowest BCUT2D eigenvalue weighted by atomic mass is 9.82. The van der Waals surface area contributed by atoms with Crippen LogP contribution in [0.3, 0.4) is 0 Å². The molecule has 1 aliphatic rings. The molecule has 1 aromatic carbocycles. The number of carbonyl (C=O) groups excluding carboxylic acids is 1. The van der Waals surface area contributed by atoms with E-state index < -0.39 is 42.3 Å². The summed E-state index contributed by atoms with van der Waals surface area (Å²) in [6.45, 7) is -0.615. The molecular formula is C13H13F4NO3. The molecule has 0 spiro atoms. The van der Waals surface area contributed by atoms with Gasteiger partial charge in [-0.2, -0.15) is 8.78 Å². The van der Waals surface area contributed by atoms with Crippen molar-refractivity contribution in [2.75, 3.05) is 6.61 Å². The number of cyclic esters (lactones) is 1. The summed E-state index contributed by atoms with van der Waals surface area (Å²) in [4.78, 5) is 11.4. The summed E-state index contributed by atoms with van der Waals surface area (Å²) in [5, 5.41) is 10.7. The van der Waals surface area contributed by atoms with E-state index >= 15 is 0 Å². The van der Waals surface area contributed by atoms with Gasteiger partial charge in [0.05, 0.1) is 0 Å². The molecule has 1 fully saturated rings. The van der Waals surface area contributed by atoms with Gasteiger partial charge < -0.3 is 15.2 Å². The van der Waals surface area contributed by atoms with E-state index in [1.165, 1.54) is 18.2 Å². The Hall–Kier alpha value is -1.83. The lowest BCUT2D eigenvalue weighted by Gasteiger charge is -2.43. The fourth-order valence-corrected chi connectivity index (χ4v) is 2.28. The molecule has 1 aliphatic heterocycles. The van der Waals surface area contributed by atoms with Gasteiger partial charge in [-0.25, -0.2) is 13.6 Å². The second-order valence-corrected chi connectivity index (χ2v) is 4.95. The average Bonchev–Trinajstić information content (AvgIpc) is 2.43. The monoisotopic (exact) mass is 307 g/mol. The molecule has 116 valence electrons. The van der Waals surface area contributed by atoms with Crippen molar-refractivity contribution in [1.82, 2.24) is 5.32 Å². The van der Waals surface area contributed by atoms with Crippen molar-refractivity contribution in [3.8, 4) is 0 Å². The predicted molar refractivity (Wildman–Crippen MR) is 64.1 cm³/mol. The number of nitrogens with one attached hydrogen (secondary N) is 1. The number of halogens is 4. The molecule has 0 bridgehead atoms. The second-order valence-electron chi connectivity index (χ2n) is 4.95. The number of hydrogen-bond donors (Lipinski definition) is 2. The van der Waals surface area contributed by atoms with E-state index in [4.69, 9.17) is 5.11 Å². The first-order valence-corrected chi connectivity index (χ1v) is 6.09. The van der Waals surface area contributed by atoms with Crippen LogP contribution in [-0.2, 0) is 10.3 Å². The van der Waals surface area contributed by atoms with Gasteiger partial charge in [0.2, 0.25) is 6.10 Å². The minimum absolute atomic E-state index is 0.284. The van der Waals surface area contributed by atoms with Gasteiger partial charge in [0.1, 0.15) is 18.0 Å². The smallest absolute Gasteiger partial charge is 0.408 e. The minimum atomic E-state index is -3.98. The number of aliphatic hydroxyl groups is 1. The van der Waals surface area contributed by atoms with Crippen molar-refractivity contribution in [2.24, 2.45) is 0 Å². The summed E-state index contributed by atoms with van der Waals surface area (Å²) in [7, 11) is 0. The van der Waals surface area contributed by atoms with Gasteiger partial charge >= 0.3 is 12.0 Å². The van der Waals surface area contributed by atoms with Crippen LogP contribution in [-0.4, -0.2) is 36.0 Å². The summed E-state index contributed by atoms with van der Waals surface area (Å²) in [5.74, 6) is -4.83. The third kappa shape index (κ3) is 2.55. The highest BCUT2D eigenvalue weighted by molar-refractivity contribution is 5.70. The SMILES string of the molecule is C[C@]1(c2ccccc2F)NC(=O)O[C@H](C(F)(F)CO)[C@@H]1F. The number of aliphatic hydroxyl groups excluding tert-OH is 1. The van der Waals surface area contributed by atoms with Crippen molar-refractivity contribution < 1.29 is 32.2 Å². The lowest BCUT2D eigenvalue weighted by Crippen LogP contribution is -2.65. The Balaban J connectivity index is 2.48. The second kappa shape index (κ2) is 5.18. The molecule has 0 saturated carbocycles. The first kappa shape index (κ1) is 15.6. The van der Waals surface area contributed by atoms with E-state index in [9.17, 15) is 22.4 Å². The van der Waals surface area contributed by atoms with Crippen LogP contribution in [0.5, 0.6) is 0 Å². The molecular weight excluding hydrogens is 294 g/mol. The Morgan fingerprint density at radius 2 is 2.05 bits per heavy atom. The highest BCUT2D eigenvalue weighted by Gasteiger charge is 2.58. The number of rotatable bonds is 3. The Kier molecular flexibility index (Phi) is 3.83. The number of benzene rings is 1. The Labute approximate surface area is 117 Å². The van der Waals surface area contributed by atoms with E-state index in [1.807, 2.05) is 5.32 Å². The Morgan fingerprint density at radius 1 is 1.43 bits per heavy atom. The van der Waals surface area contributed by atoms with Crippen LogP contribution >= 0.6 is 0 Å². The van der Waals surface area contributed by atoms with Gasteiger partial charge in [-0.05, 0) is 13.0 Å².